The van der Waals surface area contributed by atoms with Crippen LogP contribution in [0.1, 0.15) is 41.8 Å². The molecule has 1 aliphatic rings. The topological polar surface area (TPSA) is 72.0 Å². The minimum Gasteiger partial charge on any atom is -0.508 e. The maximum atomic E-state index is 9.69. The summed E-state index contributed by atoms with van der Waals surface area (Å²) in [6.07, 6.45) is 6.06. The number of phenols is 1. The third-order valence-corrected chi connectivity index (χ3v) is 5.42. The molecule has 0 saturated carbocycles. The summed E-state index contributed by atoms with van der Waals surface area (Å²) in [6.45, 7) is 5.58. The molecule has 4 rings (SSSR count). The molecule has 0 amide bonds. The fraction of sp³-hybridized carbons (Fsp3) is 0.450. The molecule has 7 heteroatoms. The first-order valence-corrected chi connectivity index (χ1v) is 9.46. The summed E-state index contributed by atoms with van der Waals surface area (Å²) in [6, 6.07) is 7.53. The van der Waals surface area contributed by atoms with Crippen LogP contribution >= 0.6 is 0 Å². The van der Waals surface area contributed by atoms with Crippen LogP contribution in [0.5, 0.6) is 5.75 Å². The van der Waals surface area contributed by atoms with Crippen molar-refractivity contribution in [1.82, 2.24) is 29.2 Å². The minimum atomic E-state index is 0.328. The van der Waals surface area contributed by atoms with Gasteiger partial charge in [-0.2, -0.15) is 0 Å². The number of aryl methyl sites for hydroxylation is 1. The van der Waals surface area contributed by atoms with Crippen LogP contribution < -0.4 is 0 Å². The number of likely N-dealkylation sites (tertiary alicyclic amines) is 1. The summed E-state index contributed by atoms with van der Waals surface area (Å²) in [5.41, 5.74) is 1.14. The molecule has 1 saturated heterocycles. The number of nitrogens with zero attached hydrogens (tertiary/aromatic N) is 6. The maximum absolute atomic E-state index is 9.69. The molecule has 7 nitrogen and oxygen atoms in total. The van der Waals surface area contributed by atoms with E-state index in [1.165, 1.54) is 0 Å². The molecule has 1 fully saturated rings. The van der Waals surface area contributed by atoms with E-state index >= 15 is 0 Å². The zero-order valence-electron chi connectivity index (χ0n) is 15.9. The quantitative estimate of drug-likeness (QED) is 0.751. The molecule has 1 aliphatic heterocycles. The largest absolute Gasteiger partial charge is 0.508 e. The predicted molar refractivity (Wildman–Crippen MR) is 102 cm³/mol. The van der Waals surface area contributed by atoms with Gasteiger partial charge in [0.05, 0.1) is 6.54 Å². The summed E-state index contributed by atoms with van der Waals surface area (Å²) >= 11 is 0. The van der Waals surface area contributed by atoms with E-state index in [9.17, 15) is 5.11 Å². The highest BCUT2D eigenvalue weighted by Crippen LogP contribution is 2.27. The number of aromatic nitrogens is 5. The van der Waals surface area contributed by atoms with Crippen LogP contribution in [-0.2, 0) is 20.1 Å². The Morgan fingerprint density at radius 3 is 2.89 bits per heavy atom. The van der Waals surface area contributed by atoms with E-state index in [2.05, 4.69) is 42.3 Å². The monoisotopic (exact) mass is 366 g/mol. The summed E-state index contributed by atoms with van der Waals surface area (Å²) in [4.78, 5) is 6.72. The fourth-order valence-corrected chi connectivity index (χ4v) is 3.91. The molecule has 3 heterocycles. The maximum Gasteiger partial charge on any atom is 0.152 e. The minimum absolute atomic E-state index is 0.328. The number of aromatic hydroxyl groups is 1. The van der Waals surface area contributed by atoms with Crippen LogP contribution in [0.2, 0.25) is 0 Å². The first-order valence-electron chi connectivity index (χ1n) is 9.46. The van der Waals surface area contributed by atoms with Gasteiger partial charge in [0, 0.05) is 38.4 Å². The molecular formula is C20H26N6O. The van der Waals surface area contributed by atoms with Crippen molar-refractivity contribution in [3.05, 3.63) is 59.7 Å². The third-order valence-electron chi connectivity index (χ3n) is 5.42. The van der Waals surface area contributed by atoms with Gasteiger partial charge in [-0.25, -0.2) is 4.98 Å². The standard InChI is InChI=1S/C20H26N6O/c1-15-21-8-10-26(15)14-19-22-23-20(24(19)2)17-6-4-9-25(13-17)12-16-5-3-7-18(27)11-16/h3,5,7-8,10-11,17,27H,4,6,9,12-14H2,1-2H3/t17-/m0/s1. The zero-order valence-corrected chi connectivity index (χ0v) is 15.9. The van der Waals surface area contributed by atoms with Crippen LogP contribution in [-0.4, -0.2) is 47.4 Å². The lowest BCUT2D eigenvalue weighted by atomic mass is 9.96. The number of phenolic OH excluding ortho intramolecular Hbond substituents is 1. The highest BCUT2D eigenvalue weighted by Gasteiger charge is 2.26. The number of hydrogen-bond donors (Lipinski definition) is 1. The van der Waals surface area contributed by atoms with E-state index in [1.54, 1.807) is 6.07 Å². The average molecular weight is 366 g/mol. The number of rotatable bonds is 5. The van der Waals surface area contributed by atoms with Gasteiger partial charge in [-0.15, -0.1) is 10.2 Å². The summed E-state index contributed by atoms with van der Waals surface area (Å²) in [7, 11) is 2.06. The van der Waals surface area contributed by atoms with Crippen molar-refractivity contribution in [2.24, 2.45) is 7.05 Å². The summed E-state index contributed by atoms with van der Waals surface area (Å²) in [5, 5.41) is 18.6. The molecule has 27 heavy (non-hydrogen) atoms. The zero-order chi connectivity index (χ0) is 18.8. The number of imidazole rings is 1. The lowest BCUT2D eigenvalue weighted by Crippen LogP contribution is -2.34. The molecule has 1 atom stereocenters. The van der Waals surface area contributed by atoms with Crippen molar-refractivity contribution in [3.8, 4) is 5.75 Å². The second-order valence-corrected chi connectivity index (χ2v) is 7.38. The molecule has 142 valence electrons. The fourth-order valence-electron chi connectivity index (χ4n) is 3.91. The average Bonchev–Trinajstić information content (AvgIpc) is 3.22. The van der Waals surface area contributed by atoms with E-state index in [1.807, 2.05) is 31.5 Å². The Labute approximate surface area is 159 Å². The lowest BCUT2D eigenvalue weighted by molar-refractivity contribution is 0.195. The Kier molecular flexibility index (Phi) is 4.94. The molecule has 0 unspecified atom stereocenters. The first-order chi connectivity index (χ1) is 13.1. The van der Waals surface area contributed by atoms with Gasteiger partial charge in [-0.05, 0) is 44.0 Å². The van der Waals surface area contributed by atoms with E-state index in [0.717, 1.165) is 55.5 Å². The summed E-state index contributed by atoms with van der Waals surface area (Å²) < 4.78 is 4.23. The Hall–Kier alpha value is -2.67. The third kappa shape index (κ3) is 3.88. The Balaban J connectivity index is 1.46. The van der Waals surface area contributed by atoms with E-state index in [0.29, 0.717) is 18.2 Å². The van der Waals surface area contributed by atoms with Crippen molar-refractivity contribution in [2.75, 3.05) is 13.1 Å². The molecule has 0 spiro atoms. The molecule has 0 radical (unpaired) electrons. The second-order valence-electron chi connectivity index (χ2n) is 7.38. The highest BCUT2D eigenvalue weighted by atomic mass is 16.3. The van der Waals surface area contributed by atoms with Gasteiger partial charge in [-0.1, -0.05) is 12.1 Å². The molecule has 3 aromatic rings. The SMILES string of the molecule is Cc1nccn1Cc1nnc([C@H]2CCCN(Cc3cccc(O)c3)C2)n1C. The van der Waals surface area contributed by atoms with Gasteiger partial charge in [0.2, 0.25) is 0 Å². The van der Waals surface area contributed by atoms with Crippen molar-refractivity contribution in [3.63, 3.8) is 0 Å². The van der Waals surface area contributed by atoms with Gasteiger partial charge in [0.25, 0.3) is 0 Å². The van der Waals surface area contributed by atoms with Crippen molar-refractivity contribution in [1.29, 1.82) is 0 Å². The number of benzene rings is 1. The van der Waals surface area contributed by atoms with Crippen molar-refractivity contribution in [2.45, 2.75) is 38.8 Å². The van der Waals surface area contributed by atoms with E-state index in [-0.39, 0.29) is 0 Å². The van der Waals surface area contributed by atoms with Crippen LogP contribution in [0.25, 0.3) is 0 Å². The number of hydrogen-bond acceptors (Lipinski definition) is 5. The molecule has 2 aromatic heterocycles. The highest BCUT2D eigenvalue weighted by molar-refractivity contribution is 5.27. The van der Waals surface area contributed by atoms with E-state index in [4.69, 9.17) is 0 Å². The lowest BCUT2D eigenvalue weighted by Gasteiger charge is -2.32. The first kappa shape index (κ1) is 17.7. The molecule has 1 aromatic carbocycles. The van der Waals surface area contributed by atoms with Gasteiger partial charge in [0.1, 0.15) is 17.4 Å². The van der Waals surface area contributed by atoms with Gasteiger partial charge in [-0.3, -0.25) is 4.90 Å². The van der Waals surface area contributed by atoms with Crippen molar-refractivity contribution < 1.29 is 5.11 Å². The number of piperidine rings is 1. The van der Waals surface area contributed by atoms with Gasteiger partial charge >= 0.3 is 0 Å². The van der Waals surface area contributed by atoms with Crippen LogP contribution in [0.15, 0.2) is 36.7 Å². The molecule has 0 aliphatic carbocycles. The predicted octanol–water partition coefficient (Wildman–Crippen LogP) is 2.45. The van der Waals surface area contributed by atoms with Crippen LogP contribution in [0.3, 0.4) is 0 Å². The Bertz CT molecular complexity index is 915. The van der Waals surface area contributed by atoms with E-state index < -0.39 is 0 Å². The van der Waals surface area contributed by atoms with Crippen LogP contribution in [0.4, 0.5) is 0 Å². The van der Waals surface area contributed by atoms with Gasteiger partial charge < -0.3 is 14.2 Å². The van der Waals surface area contributed by atoms with Gasteiger partial charge in [0.15, 0.2) is 5.82 Å². The normalized spacial score (nSPS) is 18.1. The second kappa shape index (κ2) is 7.52. The molecule has 0 bridgehead atoms. The molecular weight excluding hydrogens is 340 g/mol. The Morgan fingerprint density at radius 2 is 2.11 bits per heavy atom. The summed E-state index contributed by atoms with van der Waals surface area (Å²) in [5.74, 6) is 3.70. The van der Waals surface area contributed by atoms with Crippen molar-refractivity contribution >= 4 is 0 Å². The Morgan fingerprint density at radius 1 is 1.22 bits per heavy atom. The molecule has 1 N–H and O–H groups in total. The smallest absolute Gasteiger partial charge is 0.152 e. The van der Waals surface area contributed by atoms with Crippen LogP contribution in [0, 0.1) is 6.92 Å².